The molecule has 0 saturated carbocycles. The van der Waals surface area contributed by atoms with Gasteiger partial charge in [0.15, 0.2) is 5.69 Å². The Morgan fingerprint density at radius 2 is 1.42 bits per heavy atom. The summed E-state index contributed by atoms with van der Waals surface area (Å²) in [6.45, 7) is 5.32. The summed E-state index contributed by atoms with van der Waals surface area (Å²) in [5.41, 5.74) is 3.85. The normalized spacial score (nSPS) is 11.8. The molecule has 9 nitrogen and oxygen atoms in total. The topological polar surface area (TPSA) is 104 Å². The van der Waals surface area contributed by atoms with Crippen LogP contribution in [0.5, 0.6) is 0 Å². The molecule has 0 bridgehead atoms. The molecular formula is C33H31F3N6O3. The van der Waals surface area contributed by atoms with Gasteiger partial charge in [0.1, 0.15) is 5.60 Å². The summed E-state index contributed by atoms with van der Waals surface area (Å²) in [6, 6.07) is 21.7. The van der Waals surface area contributed by atoms with Gasteiger partial charge in [0.05, 0.1) is 34.5 Å². The predicted molar refractivity (Wildman–Crippen MR) is 162 cm³/mol. The molecule has 2 aromatic heterocycles. The zero-order valence-electron chi connectivity index (χ0n) is 25.1. The van der Waals surface area contributed by atoms with E-state index in [1.54, 1.807) is 32.5 Å². The van der Waals surface area contributed by atoms with Crippen molar-refractivity contribution in [1.82, 2.24) is 30.1 Å². The van der Waals surface area contributed by atoms with Crippen molar-refractivity contribution in [3.05, 3.63) is 102 Å². The first-order valence-electron chi connectivity index (χ1n) is 14.1. The van der Waals surface area contributed by atoms with Crippen molar-refractivity contribution in [1.29, 1.82) is 0 Å². The highest BCUT2D eigenvalue weighted by Gasteiger charge is 2.30. The number of carbonyl (C=O) groups is 2. The van der Waals surface area contributed by atoms with E-state index in [1.165, 1.54) is 23.0 Å². The van der Waals surface area contributed by atoms with Crippen molar-refractivity contribution < 1.29 is 27.5 Å². The summed E-state index contributed by atoms with van der Waals surface area (Å²) < 4.78 is 47.6. The van der Waals surface area contributed by atoms with Crippen LogP contribution in [0, 0.1) is 0 Å². The van der Waals surface area contributed by atoms with Crippen LogP contribution in [0.3, 0.4) is 0 Å². The smallest absolute Gasteiger partial charge is 0.416 e. The molecule has 1 N–H and O–H groups in total. The molecule has 0 spiro atoms. The van der Waals surface area contributed by atoms with Crippen LogP contribution in [0.4, 0.5) is 13.2 Å². The van der Waals surface area contributed by atoms with Gasteiger partial charge in [-0.05, 0) is 74.4 Å². The zero-order chi connectivity index (χ0) is 32.4. The third-order valence-corrected chi connectivity index (χ3v) is 6.83. The molecule has 5 aromatic rings. The average Bonchev–Trinajstić information content (AvgIpc) is 3.67. The molecule has 0 fully saturated rings. The minimum atomic E-state index is -4.40. The van der Waals surface area contributed by atoms with E-state index >= 15 is 0 Å². The highest BCUT2D eigenvalue weighted by molar-refractivity contribution is 5.87. The molecule has 0 saturated heterocycles. The minimum Gasteiger partial charge on any atom is -0.455 e. The molecule has 0 unspecified atom stereocenters. The Bertz CT molecular complexity index is 1800. The van der Waals surface area contributed by atoms with E-state index in [1.807, 2.05) is 54.6 Å². The van der Waals surface area contributed by atoms with Crippen molar-refractivity contribution in [2.75, 3.05) is 7.05 Å². The monoisotopic (exact) mass is 616 g/mol. The van der Waals surface area contributed by atoms with Gasteiger partial charge in [-0.3, -0.25) is 4.79 Å². The summed E-state index contributed by atoms with van der Waals surface area (Å²) in [5, 5.41) is 15.4. The number of esters is 1. The number of amides is 1. The first kappa shape index (κ1) is 31.2. The summed E-state index contributed by atoms with van der Waals surface area (Å²) in [6.07, 6.45) is -2.21. The predicted octanol–water partition coefficient (Wildman–Crippen LogP) is 6.44. The van der Waals surface area contributed by atoms with Crippen LogP contribution in [0.25, 0.3) is 33.8 Å². The van der Waals surface area contributed by atoms with Crippen LogP contribution < -0.4 is 5.32 Å². The van der Waals surface area contributed by atoms with E-state index in [0.29, 0.717) is 23.4 Å². The number of aromatic nitrogens is 5. The standard InChI is InChI=1S/C33H31F3N6O3/c1-32(2,3)45-31(44)28-20-41(40-38-28)26-14-16-27(17-15-26)42-29(19-25(39-42)13-18-30(43)37-4)23-7-5-21(6-8-23)22-9-11-24(12-10-22)33(34,35)36/h5-12,14-17,19-20H,13,18H2,1-4H3,(H,37,43). The maximum absolute atomic E-state index is 13.0. The molecule has 0 aliphatic carbocycles. The summed E-state index contributed by atoms with van der Waals surface area (Å²) in [5.74, 6) is -0.671. The number of hydrogen-bond acceptors (Lipinski definition) is 6. The lowest BCUT2D eigenvalue weighted by molar-refractivity contribution is -0.137. The Kier molecular flexibility index (Phi) is 8.58. The van der Waals surface area contributed by atoms with Gasteiger partial charge in [0.25, 0.3) is 0 Å². The van der Waals surface area contributed by atoms with Crippen LogP contribution in [0.2, 0.25) is 0 Å². The summed E-state index contributed by atoms with van der Waals surface area (Å²) in [4.78, 5) is 24.3. The third kappa shape index (κ3) is 7.46. The Hall–Kier alpha value is -5.26. The molecule has 0 aliphatic heterocycles. The number of nitrogens with zero attached hydrogens (tertiary/aromatic N) is 5. The van der Waals surface area contributed by atoms with Gasteiger partial charge in [-0.1, -0.05) is 41.6 Å². The second kappa shape index (κ2) is 12.4. The van der Waals surface area contributed by atoms with Crippen molar-refractivity contribution in [3.63, 3.8) is 0 Å². The highest BCUT2D eigenvalue weighted by atomic mass is 19.4. The van der Waals surface area contributed by atoms with E-state index in [0.717, 1.165) is 34.6 Å². The first-order valence-corrected chi connectivity index (χ1v) is 14.1. The van der Waals surface area contributed by atoms with Crippen molar-refractivity contribution in [3.8, 4) is 33.8 Å². The fourth-order valence-electron chi connectivity index (χ4n) is 4.57. The molecule has 5 rings (SSSR count). The Morgan fingerprint density at radius 3 is 2.00 bits per heavy atom. The number of ether oxygens (including phenoxy) is 1. The fraction of sp³-hybridized carbons (Fsp3) is 0.242. The third-order valence-electron chi connectivity index (χ3n) is 6.83. The van der Waals surface area contributed by atoms with E-state index in [2.05, 4.69) is 15.6 Å². The summed E-state index contributed by atoms with van der Waals surface area (Å²) >= 11 is 0. The quantitative estimate of drug-likeness (QED) is 0.201. The maximum atomic E-state index is 13.0. The molecule has 232 valence electrons. The van der Waals surface area contributed by atoms with Gasteiger partial charge >= 0.3 is 12.1 Å². The number of hydrogen-bond donors (Lipinski definition) is 1. The van der Waals surface area contributed by atoms with Crippen LogP contribution in [0.15, 0.2) is 85.1 Å². The lowest BCUT2D eigenvalue weighted by atomic mass is 10.0. The number of benzene rings is 3. The van der Waals surface area contributed by atoms with Crippen LogP contribution in [0.1, 0.15) is 48.9 Å². The number of alkyl halides is 3. The SMILES string of the molecule is CNC(=O)CCc1cc(-c2ccc(-c3ccc(C(F)(F)F)cc3)cc2)n(-c2ccc(-n3cc(C(=O)OC(C)(C)C)nn3)cc2)n1. The van der Waals surface area contributed by atoms with E-state index in [9.17, 15) is 22.8 Å². The molecule has 1 amide bonds. The van der Waals surface area contributed by atoms with Gasteiger partial charge in [-0.15, -0.1) is 5.10 Å². The van der Waals surface area contributed by atoms with Gasteiger partial charge in [-0.2, -0.15) is 18.3 Å². The number of rotatable bonds is 8. The average molecular weight is 617 g/mol. The molecule has 12 heteroatoms. The zero-order valence-corrected chi connectivity index (χ0v) is 25.1. The Morgan fingerprint density at radius 1 is 0.844 bits per heavy atom. The van der Waals surface area contributed by atoms with Gasteiger partial charge in [0.2, 0.25) is 5.91 Å². The first-order chi connectivity index (χ1) is 21.3. The molecule has 3 aromatic carbocycles. The highest BCUT2D eigenvalue weighted by Crippen LogP contribution is 2.32. The van der Waals surface area contributed by atoms with Gasteiger partial charge < -0.3 is 10.1 Å². The fourth-order valence-corrected chi connectivity index (χ4v) is 4.57. The van der Waals surface area contributed by atoms with Gasteiger partial charge in [0, 0.05) is 25.5 Å². The lowest BCUT2D eigenvalue weighted by Gasteiger charge is -2.18. The molecule has 0 radical (unpaired) electrons. The molecule has 45 heavy (non-hydrogen) atoms. The number of aryl methyl sites for hydroxylation is 1. The number of halogens is 3. The molecule has 2 heterocycles. The second-order valence-corrected chi connectivity index (χ2v) is 11.3. The van der Waals surface area contributed by atoms with Crippen molar-refractivity contribution >= 4 is 11.9 Å². The number of carbonyl (C=O) groups excluding carboxylic acids is 2. The molecule has 0 atom stereocenters. The number of nitrogens with one attached hydrogen (secondary N) is 1. The van der Waals surface area contributed by atoms with Crippen molar-refractivity contribution in [2.24, 2.45) is 0 Å². The maximum Gasteiger partial charge on any atom is 0.416 e. The molecule has 0 aliphatic rings. The van der Waals surface area contributed by atoms with Crippen LogP contribution in [-0.2, 0) is 22.1 Å². The second-order valence-electron chi connectivity index (χ2n) is 11.3. The minimum absolute atomic E-state index is 0.0869. The van der Waals surface area contributed by atoms with E-state index in [4.69, 9.17) is 9.84 Å². The molecular weight excluding hydrogens is 585 g/mol. The van der Waals surface area contributed by atoms with Gasteiger partial charge in [-0.25, -0.2) is 14.2 Å². The Labute approximate surface area is 257 Å². The van der Waals surface area contributed by atoms with Crippen LogP contribution in [-0.4, -0.2) is 49.3 Å². The van der Waals surface area contributed by atoms with Crippen molar-refractivity contribution in [2.45, 2.75) is 45.4 Å². The summed E-state index contributed by atoms with van der Waals surface area (Å²) in [7, 11) is 1.58. The van der Waals surface area contributed by atoms with E-state index < -0.39 is 23.3 Å². The van der Waals surface area contributed by atoms with Crippen LogP contribution >= 0.6 is 0 Å². The largest absolute Gasteiger partial charge is 0.455 e. The Balaban J connectivity index is 1.43. The lowest BCUT2D eigenvalue weighted by Crippen LogP contribution is -2.24. The van der Waals surface area contributed by atoms with E-state index in [-0.39, 0.29) is 18.0 Å².